The van der Waals surface area contributed by atoms with E-state index in [0.717, 1.165) is 18.5 Å². The van der Waals surface area contributed by atoms with Gasteiger partial charge in [0, 0.05) is 5.56 Å². The molecule has 2 unspecified atom stereocenters. The van der Waals surface area contributed by atoms with Crippen LogP contribution in [0.5, 0.6) is 0 Å². The predicted molar refractivity (Wildman–Crippen MR) is 73.6 cm³/mol. The average Bonchev–Trinajstić information content (AvgIpc) is 2.87. The number of rotatable bonds is 2. The monoisotopic (exact) mass is 275 g/mol. The van der Waals surface area contributed by atoms with Gasteiger partial charge in [-0.2, -0.15) is 4.98 Å². The first-order valence-electron chi connectivity index (χ1n) is 6.96. The van der Waals surface area contributed by atoms with Gasteiger partial charge in [-0.15, -0.1) is 0 Å². The van der Waals surface area contributed by atoms with Crippen LogP contribution in [0.3, 0.4) is 0 Å². The molecule has 106 valence electrons. The number of hydrogen-bond acceptors (Lipinski definition) is 4. The number of nitrogens with zero attached hydrogens (tertiary/aromatic N) is 2. The third-order valence-electron chi connectivity index (χ3n) is 3.71. The first-order chi connectivity index (χ1) is 9.61. The van der Waals surface area contributed by atoms with Gasteiger partial charge in [0.2, 0.25) is 11.7 Å². The average molecular weight is 275 g/mol. The number of hydrogen-bond donors (Lipinski definition) is 1. The maximum atomic E-state index is 13.4. The molecule has 1 fully saturated rings. The number of aryl methyl sites for hydroxylation is 1. The highest BCUT2D eigenvalue weighted by molar-refractivity contribution is 5.55. The van der Waals surface area contributed by atoms with E-state index in [4.69, 9.17) is 4.52 Å². The second kappa shape index (κ2) is 5.32. The Labute approximate surface area is 117 Å². The summed E-state index contributed by atoms with van der Waals surface area (Å²) in [7, 11) is 0. The maximum absolute atomic E-state index is 13.4. The first-order valence-corrected chi connectivity index (χ1v) is 6.96. The smallest absolute Gasteiger partial charge is 0.244 e. The minimum atomic E-state index is -0.282. The molecule has 1 N–H and O–H groups in total. The fourth-order valence-corrected chi connectivity index (χ4v) is 2.66. The molecule has 1 saturated heterocycles. The zero-order valence-electron chi connectivity index (χ0n) is 11.7. The summed E-state index contributed by atoms with van der Waals surface area (Å²) in [5.41, 5.74) is 1.50. The van der Waals surface area contributed by atoms with Crippen LogP contribution < -0.4 is 5.32 Å². The Morgan fingerprint density at radius 2 is 2.20 bits per heavy atom. The largest absolute Gasteiger partial charge is 0.337 e. The summed E-state index contributed by atoms with van der Waals surface area (Å²) < 4.78 is 18.8. The molecule has 3 rings (SSSR count). The van der Waals surface area contributed by atoms with Crippen LogP contribution in [0.25, 0.3) is 11.4 Å². The molecule has 2 aromatic rings. The van der Waals surface area contributed by atoms with E-state index in [1.807, 2.05) is 13.0 Å². The van der Waals surface area contributed by atoms with Gasteiger partial charge in [0.15, 0.2) is 0 Å². The summed E-state index contributed by atoms with van der Waals surface area (Å²) in [5.74, 6) is 1.40. The number of nitrogens with one attached hydrogen (secondary N) is 1. The summed E-state index contributed by atoms with van der Waals surface area (Å²) in [5, 5.41) is 7.36. The molecule has 1 aromatic carbocycles. The molecule has 0 saturated carbocycles. The van der Waals surface area contributed by atoms with Crippen molar-refractivity contribution in [2.75, 3.05) is 6.54 Å². The van der Waals surface area contributed by atoms with Crippen molar-refractivity contribution in [3.63, 3.8) is 0 Å². The highest BCUT2D eigenvalue weighted by Crippen LogP contribution is 2.27. The highest BCUT2D eigenvalue weighted by atomic mass is 19.1. The van der Waals surface area contributed by atoms with E-state index in [-0.39, 0.29) is 11.9 Å². The number of halogens is 1. The number of aromatic nitrogens is 2. The molecule has 0 bridgehead atoms. The van der Waals surface area contributed by atoms with Gasteiger partial charge in [0.25, 0.3) is 0 Å². The van der Waals surface area contributed by atoms with E-state index in [1.54, 1.807) is 0 Å². The molecule has 5 heteroatoms. The van der Waals surface area contributed by atoms with Crippen LogP contribution in [-0.2, 0) is 0 Å². The van der Waals surface area contributed by atoms with Gasteiger partial charge in [-0.1, -0.05) is 12.1 Å². The number of benzene rings is 1. The first kappa shape index (κ1) is 13.2. The summed E-state index contributed by atoms with van der Waals surface area (Å²) in [6.07, 6.45) is 2.16. The molecule has 0 amide bonds. The third-order valence-corrected chi connectivity index (χ3v) is 3.71. The van der Waals surface area contributed by atoms with E-state index in [2.05, 4.69) is 22.4 Å². The molecule has 0 aliphatic carbocycles. The lowest BCUT2D eigenvalue weighted by Crippen LogP contribution is -2.30. The molecule has 20 heavy (non-hydrogen) atoms. The fraction of sp³-hybridized carbons (Fsp3) is 0.467. The molecule has 1 aliphatic heterocycles. The standard InChI is InChI=1S/C15H18FN3O/c1-9-3-4-17-13(7-9)15-18-14(19-20-15)11-5-10(2)6-12(16)8-11/h5-6,8-9,13,17H,3-4,7H2,1-2H3. The van der Waals surface area contributed by atoms with Crippen molar-refractivity contribution >= 4 is 0 Å². The van der Waals surface area contributed by atoms with Crippen molar-refractivity contribution in [3.05, 3.63) is 35.5 Å². The Balaban J connectivity index is 1.86. The van der Waals surface area contributed by atoms with E-state index in [0.29, 0.717) is 23.2 Å². The van der Waals surface area contributed by atoms with Crippen LogP contribution in [0.4, 0.5) is 4.39 Å². The molecule has 2 atom stereocenters. The van der Waals surface area contributed by atoms with E-state index < -0.39 is 0 Å². The summed E-state index contributed by atoms with van der Waals surface area (Å²) in [6, 6.07) is 4.87. The van der Waals surface area contributed by atoms with Gasteiger partial charge in [-0.05, 0) is 56.0 Å². The zero-order chi connectivity index (χ0) is 14.1. The highest BCUT2D eigenvalue weighted by Gasteiger charge is 2.25. The van der Waals surface area contributed by atoms with Crippen molar-refractivity contribution < 1.29 is 8.91 Å². The molecular weight excluding hydrogens is 257 g/mol. The third kappa shape index (κ3) is 2.72. The summed E-state index contributed by atoms with van der Waals surface area (Å²) >= 11 is 0. The molecule has 0 radical (unpaired) electrons. The van der Waals surface area contributed by atoms with Crippen LogP contribution >= 0.6 is 0 Å². The SMILES string of the molecule is Cc1cc(F)cc(-c2noc(C3CC(C)CCN3)n2)c1. The lowest BCUT2D eigenvalue weighted by atomic mass is 9.94. The quantitative estimate of drug-likeness (QED) is 0.914. The zero-order valence-corrected chi connectivity index (χ0v) is 11.7. The Hall–Kier alpha value is -1.75. The molecule has 2 heterocycles. The van der Waals surface area contributed by atoms with Gasteiger partial charge in [-0.3, -0.25) is 0 Å². The van der Waals surface area contributed by atoms with Gasteiger partial charge >= 0.3 is 0 Å². The Morgan fingerprint density at radius 3 is 2.95 bits per heavy atom. The minimum absolute atomic E-state index is 0.106. The van der Waals surface area contributed by atoms with Crippen LogP contribution in [0, 0.1) is 18.7 Å². The van der Waals surface area contributed by atoms with Gasteiger partial charge in [0.05, 0.1) is 6.04 Å². The molecule has 1 aliphatic rings. The van der Waals surface area contributed by atoms with Crippen molar-refractivity contribution in [2.45, 2.75) is 32.7 Å². The Morgan fingerprint density at radius 1 is 1.35 bits per heavy atom. The summed E-state index contributed by atoms with van der Waals surface area (Å²) in [6.45, 7) is 5.03. The van der Waals surface area contributed by atoms with Gasteiger partial charge < -0.3 is 9.84 Å². The molecule has 1 aromatic heterocycles. The Kier molecular flexibility index (Phi) is 3.53. The molecule has 0 spiro atoms. The van der Waals surface area contributed by atoms with Gasteiger partial charge in [0.1, 0.15) is 5.82 Å². The van der Waals surface area contributed by atoms with Crippen LogP contribution in [0.2, 0.25) is 0 Å². The fourth-order valence-electron chi connectivity index (χ4n) is 2.66. The lowest BCUT2D eigenvalue weighted by molar-refractivity contribution is 0.260. The molecule has 4 nitrogen and oxygen atoms in total. The van der Waals surface area contributed by atoms with E-state index in [9.17, 15) is 4.39 Å². The topological polar surface area (TPSA) is 51.0 Å². The second-order valence-corrected chi connectivity index (χ2v) is 5.61. The minimum Gasteiger partial charge on any atom is -0.337 e. The number of piperidine rings is 1. The summed E-state index contributed by atoms with van der Waals surface area (Å²) in [4.78, 5) is 4.41. The van der Waals surface area contributed by atoms with Crippen molar-refractivity contribution in [1.29, 1.82) is 0 Å². The van der Waals surface area contributed by atoms with Crippen molar-refractivity contribution in [1.82, 2.24) is 15.5 Å². The lowest BCUT2D eigenvalue weighted by Gasteiger charge is -2.25. The normalized spacial score (nSPS) is 22.9. The van der Waals surface area contributed by atoms with E-state index >= 15 is 0 Å². The second-order valence-electron chi connectivity index (χ2n) is 5.61. The van der Waals surface area contributed by atoms with Gasteiger partial charge in [-0.25, -0.2) is 4.39 Å². The Bertz CT molecular complexity index is 591. The van der Waals surface area contributed by atoms with Crippen LogP contribution in [-0.4, -0.2) is 16.7 Å². The maximum Gasteiger partial charge on any atom is 0.244 e. The predicted octanol–water partition coefficient (Wildman–Crippen LogP) is 3.24. The van der Waals surface area contributed by atoms with Crippen LogP contribution in [0.15, 0.2) is 22.7 Å². The van der Waals surface area contributed by atoms with Crippen molar-refractivity contribution in [3.8, 4) is 11.4 Å². The van der Waals surface area contributed by atoms with Crippen LogP contribution in [0.1, 0.15) is 37.3 Å². The van der Waals surface area contributed by atoms with Crippen molar-refractivity contribution in [2.24, 2.45) is 5.92 Å². The van der Waals surface area contributed by atoms with E-state index in [1.165, 1.54) is 18.6 Å². The molecular formula is C15H18FN3O.